The molecule has 13 heavy (non-hydrogen) atoms. The maximum Gasteiger partial charge on any atom is 0.348 e. The average molecular weight is 181 g/mol. The first kappa shape index (κ1) is 9.92. The molecule has 0 aliphatic carbocycles. The second-order valence-electron chi connectivity index (χ2n) is 3.33. The van der Waals surface area contributed by atoms with Crippen molar-refractivity contribution in [2.45, 2.75) is 25.8 Å². The maximum absolute atomic E-state index is 11.4. The van der Waals surface area contributed by atoms with Crippen LogP contribution in [0.4, 0.5) is 0 Å². The highest BCUT2D eigenvalue weighted by atomic mass is 16.1. The smallest absolute Gasteiger partial charge is 0.328 e. The summed E-state index contributed by atoms with van der Waals surface area (Å²) in [4.78, 5) is 15.1. The summed E-state index contributed by atoms with van der Waals surface area (Å²) in [6.45, 7) is 4.40. The molecule has 1 aromatic heterocycles. The Morgan fingerprint density at radius 2 is 2.38 bits per heavy atom. The van der Waals surface area contributed by atoms with Gasteiger partial charge in [0.25, 0.3) is 0 Å². The summed E-state index contributed by atoms with van der Waals surface area (Å²) in [5, 5.41) is 0. The van der Waals surface area contributed by atoms with Crippen LogP contribution < -0.4 is 11.4 Å². The van der Waals surface area contributed by atoms with E-state index in [0.717, 1.165) is 6.42 Å². The lowest BCUT2D eigenvalue weighted by atomic mass is 9.99. The van der Waals surface area contributed by atoms with Gasteiger partial charge in [0.1, 0.15) is 0 Å². The number of nitrogens with zero attached hydrogens (tertiary/aromatic N) is 2. The van der Waals surface area contributed by atoms with Gasteiger partial charge in [-0.2, -0.15) is 0 Å². The molecular formula is C9H15N3O. The zero-order valence-corrected chi connectivity index (χ0v) is 8.03. The fourth-order valence-electron chi connectivity index (χ4n) is 1.18. The van der Waals surface area contributed by atoms with E-state index in [1.807, 2.05) is 13.8 Å². The van der Waals surface area contributed by atoms with Gasteiger partial charge in [-0.3, -0.25) is 4.57 Å². The van der Waals surface area contributed by atoms with Gasteiger partial charge in [0, 0.05) is 18.9 Å². The Labute approximate surface area is 77.4 Å². The number of rotatable bonds is 3. The predicted molar refractivity (Wildman–Crippen MR) is 51.5 cm³/mol. The van der Waals surface area contributed by atoms with Gasteiger partial charge in [0.2, 0.25) is 0 Å². The lowest BCUT2D eigenvalue weighted by molar-refractivity contribution is 0.302. The van der Waals surface area contributed by atoms with E-state index in [1.54, 1.807) is 16.8 Å². The van der Waals surface area contributed by atoms with E-state index in [1.165, 1.54) is 6.20 Å². The zero-order chi connectivity index (χ0) is 9.90. The second kappa shape index (κ2) is 3.70. The molecule has 4 heteroatoms. The Morgan fingerprint density at radius 3 is 2.85 bits per heavy atom. The van der Waals surface area contributed by atoms with E-state index in [2.05, 4.69) is 4.98 Å². The molecule has 1 aromatic rings. The van der Waals surface area contributed by atoms with Gasteiger partial charge in [-0.15, -0.1) is 0 Å². The highest BCUT2D eigenvalue weighted by Crippen LogP contribution is 2.15. The summed E-state index contributed by atoms with van der Waals surface area (Å²) >= 11 is 0. The molecule has 72 valence electrons. The first-order chi connectivity index (χ1) is 6.14. The van der Waals surface area contributed by atoms with Crippen LogP contribution >= 0.6 is 0 Å². The summed E-state index contributed by atoms with van der Waals surface area (Å²) in [6, 6.07) is 1.74. The van der Waals surface area contributed by atoms with Crippen LogP contribution in [0.1, 0.15) is 20.3 Å². The fourth-order valence-corrected chi connectivity index (χ4v) is 1.18. The van der Waals surface area contributed by atoms with Gasteiger partial charge in [0.05, 0.1) is 5.54 Å². The Balaban J connectivity index is 3.20. The lowest BCUT2D eigenvalue weighted by Crippen LogP contribution is -2.44. The van der Waals surface area contributed by atoms with E-state index in [9.17, 15) is 4.79 Å². The van der Waals surface area contributed by atoms with Crippen LogP contribution in [0.15, 0.2) is 23.3 Å². The van der Waals surface area contributed by atoms with Crippen molar-refractivity contribution in [2.75, 3.05) is 6.54 Å². The largest absolute Gasteiger partial charge is 0.348 e. The van der Waals surface area contributed by atoms with E-state index in [4.69, 9.17) is 5.73 Å². The fraction of sp³-hybridized carbons (Fsp3) is 0.556. The van der Waals surface area contributed by atoms with Gasteiger partial charge in [0.15, 0.2) is 0 Å². The Bertz CT molecular complexity index is 328. The lowest BCUT2D eigenvalue weighted by Gasteiger charge is -2.28. The molecule has 0 aromatic carbocycles. The van der Waals surface area contributed by atoms with Gasteiger partial charge < -0.3 is 5.73 Å². The third-order valence-electron chi connectivity index (χ3n) is 2.50. The predicted octanol–water partition coefficient (Wildman–Crippen LogP) is 0.327. The van der Waals surface area contributed by atoms with Gasteiger partial charge in [-0.05, 0) is 19.4 Å². The van der Waals surface area contributed by atoms with Gasteiger partial charge >= 0.3 is 5.69 Å². The summed E-state index contributed by atoms with van der Waals surface area (Å²) in [7, 11) is 0. The Kier molecular flexibility index (Phi) is 2.83. The van der Waals surface area contributed by atoms with E-state index in [0.29, 0.717) is 6.54 Å². The molecule has 0 bridgehead atoms. The molecule has 0 saturated carbocycles. The highest BCUT2D eigenvalue weighted by molar-refractivity contribution is 4.90. The summed E-state index contributed by atoms with van der Waals surface area (Å²) < 4.78 is 1.59. The van der Waals surface area contributed by atoms with Crippen LogP contribution in [0.5, 0.6) is 0 Å². The number of aromatic nitrogens is 2. The minimum atomic E-state index is -0.314. The monoisotopic (exact) mass is 181 g/mol. The maximum atomic E-state index is 11.4. The van der Waals surface area contributed by atoms with Crippen molar-refractivity contribution in [3.63, 3.8) is 0 Å². The summed E-state index contributed by atoms with van der Waals surface area (Å²) in [5.74, 6) is 0. The third-order valence-corrected chi connectivity index (χ3v) is 2.50. The van der Waals surface area contributed by atoms with Crippen LogP contribution in [0.2, 0.25) is 0 Å². The molecule has 4 nitrogen and oxygen atoms in total. The molecule has 1 atom stereocenters. The molecule has 0 spiro atoms. The average Bonchev–Trinajstić information content (AvgIpc) is 2.17. The minimum absolute atomic E-state index is 0.239. The highest BCUT2D eigenvalue weighted by Gasteiger charge is 2.22. The van der Waals surface area contributed by atoms with Gasteiger partial charge in [-0.1, -0.05) is 6.92 Å². The normalized spacial score (nSPS) is 15.3. The zero-order valence-electron chi connectivity index (χ0n) is 8.03. The van der Waals surface area contributed by atoms with Crippen molar-refractivity contribution in [3.05, 3.63) is 28.9 Å². The SMILES string of the molecule is CCC(C)(CN)n1cccnc1=O. The Morgan fingerprint density at radius 1 is 1.69 bits per heavy atom. The molecule has 0 fully saturated rings. The third kappa shape index (κ3) is 1.78. The Hall–Kier alpha value is -1.16. The van der Waals surface area contributed by atoms with Crippen LogP contribution in [0, 0.1) is 0 Å². The molecule has 0 aliphatic rings. The molecule has 0 saturated heterocycles. The molecule has 2 N–H and O–H groups in total. The van der Waals surface area contributed by atoms with Crippen molar-refractivity contribution in [2.24, 2.45) is 5.73 Å². The molecular weight excluding hydrogens is 166 g/mol. The first-order valence-electron chi connectivity index (χ1n) is 4.38. The molecule has 0 aliphatic heterocycles. The van der Waals surface area contributed by atoms with Crippen LogP contribution in [0.25, 0.3) is 0 Å². The first-order valence-corrected chi connectivity index (χ1v) is 4.38. The van der Waals surface area contributed by atoms with Crippen molar-refractivity contribution >= 4 is 0 Å². The van der Waals surface area contributed by atoms with E-state index >= 15 is 0 Å². The van der Waals surface area contributed by atoms with Crippen LogP contribution in [0.3, 0.4) is 0 Å². The second-order valence-corrected chi connectivity index (χ2v) is 3.33. The number of hydrogen-bond acceptors (Lipinski definition) is 3. The van der Waals surface area contributed by atoms with E-state index < -0.39 is 0 Å². The van der Waals surface area contributed by atoms with Crippen LogP contribution in [-0.4, -0.2) is 16.1 Å². The number of hydrogen-bond donors (Lipinski definition) is 1. The topological polar surface area (TPSA) is 60.9 Å². The van der Waals surface area contributed by atoms with Gasteiger partial charge in [-0.25, -0.2) is 9.78 Å². The summed E-state index contributed by atoms with van der Waals surface area (Å²) in [5.41, 5.74) is 5.08. The summed E-state index contributed by atoms with van der Waals surface area (Å²) in [6.07, 6.45) is 4.03. The van der Waals surface area contributed by atoms with E-state index in [-0.39, 0.29) is 11.2 Å². The molecule has 0 amide bonds. The van der Waals surface area contributed by atoms with Crippen molar-refractivity contribution in [3.8, 4) is 0 Å². The minimum Gasteiger partial charge on any atom is -0.328 e. The van der Waals surface area contributed by atoms with Crippen molar-refractivity contribution in [1.82, 2.24) is 9.55 Å². The molecule has 1 rings (SSSR count). The molecule has 1 heterocycles. The van der Waals surface area contributed by atoms with Crippen molar-refractivity contribution < 1.29 is 0 Å². The molecule has 1 unspecified atom stereocenters. The van der Waals surface area contributed by atoms with Crippen LogP contribution in [-0.2, 0) is 5.54 Å². The van der Waals surface area contributed by atoms with Crippen molar-refractivity contribution in [1.29, 1.82) is 0 Å². The quantitative estimate of drug-likeness (QED) is 0.730. The molecule has 0 radical (unpaired) electrons. The standard InChI is InChI=1S/C9H15N3O/c1-3-9(2,7-10)12-6-4-5-11-8(12)13/h4-6H,3,7,10H2,1-2H3. The number of nitrogens with two attached hydrogens (primary N) is 1.